The minimum atomic E-state index is -2.63. The topological polar surface area (TPSA) is 78.1 Å². The van der Waals surface area contributed by atoms with Crippen LogP contribution >= 0.6 is 11.6 Å². The zero-order chi connectivity index (χ0) is 18.7. The first-order chi connectivity index (χ1) is 12.5. The van der Waals surface area contributed by atoms with Crippen molar-refractivity contribution in [3.8, 4) is 6.07 Å². The van der Waals surface area contributed by atoms with Crippen molar-refractivity contribution in [1.29, 1.82) is 5.26 Å². The van der Waals surface area contributed by atoms with Gasteiger partial charge in [-0.2, -0.15) is 10.4 Å². The van der Waals surface area contributed by atoms with Crippen molar-refractivity contribution in [3.05, 3.63) is 45.5 Å². The van der Waals surface area contributed by atoms with E-state index in [2.05, 4.69) is 10.1 Å². The largest absolute Gasteiger partial charge is 0.367 e. The van der Waals surface area contributed by atoms with Crippen molar-refractivity contribution in [2.75, 3.05) is 36.0 Å². The molecule has 3 heterocycles. The molecule has 2 aromatic heterocycles. The molecule has 136 valence electrons. The number of aromatic nitrogens is 3. The van der Waals surface area contributed by atoms with Crippen LogP contribution in [0.3, 0.4) is 0 Å². The molecule has 0 aliphatic carbocycles. The van der Waals surface area contributed by atoms with Gasteiger partial charge in [0.15, 0.2) is 0 Å². The number of hydrogen-bond acceptors (Lipinski definition) is 6. The number of alkyl halides is 2. The maximum atomic E-state index is 12.4. The summed E-state index contributed by atoms with van der Waals surface area (Å²) >= 11 is 6.19. The summed E-state index contributed by atoms with van der Waals surface area (Å²) in [6.07, 6.45) is 0.270. The number of rotatable bonds is 4. The Labute approximate surface area is 153 Å². The Kier molecular flexibility index (Phi) is 5.32. The molecule has 3 rings (SSSR count). The van der Waals surface area contributed by atoms with Gasteiger partial charge in [0.2, 0.25) is 0 Å². The monoisotopic (exact) mass is 380 g/mol. The molecule has 0 N–H and O–H groups in total. The number of halogens is 3. The zero-order valence-electron chi connectivity index (χ0n) is 13.6. The van der Waals surface area contributed by atoms with E-state index in [4.69, 9.17) is 16.9 Å². The summed E-state index contributed by atoms with van der Waals surface area (Å²) in [5, 5.41) is 13.1. The van der Waals surface area contributed by atoms with E-state index >= 15 is 0 Å². The molecule has 0 aromatic carbocycles. The molecule has 26 heavy (non-hydrogen) atoms. The molecule has 1 saturated heterocycles. The van der Waals surface area contributed by atoms with E-state index in [0.29, 0.717) is 48.3 Å². The first-order valence-corrected chi connectivity index (χ1v) is 8.26. The summed E-state index contributed by atoms with van der Waals surface area (Å²) in [4.78, 5) is 20.1. The Morgan fingerprint density at radius 1 is 1.19 bits per heavy atom. The van der Waals surface area contributed by atoms with Crippen LogP contribution in [0.2, 0.25) is 5.02 Å². The lowest BCUT2D eigenvalue weighted by Crippen LogP contribution is -2.47. The van der Waals surface area contributed by atoms with Crippen LogP contribution in [0, 0.1) is 11.3 Å². The predicted molar refractivity (Wildman–Crippen MR) is 92.9 cm³/mol. The number of piperazine rings is 1. The molecule has 0 radical (unpaired) electrons. The second kappa shape index (κ2) is 7.66. The highest BCUT2D eigenvalue weighted by atomic mass is 35.5. The molecule has 7 nitrogen and oxygen atoms in total. The van der Waals surface area contributed by atoms with Gasteiger partial charge in [-0.05, 0) is 6.07 Å². The van der Waals surface area contributed by atoms with Crippen LogP contribution in [0.15, 0.2) is 29.3 Å². The minimum absolute atomic E-state index is 0.396. The molecule has 0 unspecified atom stereocenters. The van der Waals surface area contributed by atoms with Crippen LogP contribution in [0.5, 0.6) is 0 Å². The molecule has 10 heteroatoms. The average Bonchev–Trinajstić information content (AvgIpc) is 2.63. The van der Waals surface area contributed by atoms with Gasteiger partial charge >= 0.3 is 0 Å². The molecule has 0 spiro atoms. The molecule has 1 aliphatic rings. The van der Waals surface area contributed by atoms with E-state index in [1.165, 1.54) is 18.5 Å². The number of nitrogens with zero attached hydrogens (tertiary/aromatic N) is 6. The number of pyridine rings is 1. The molecular formula is C16H15ClF2N6O. The van der Waals surface area contributed by atoms with Crippen LogP contribution in [-0.4, -0.2) is 47.4 Å². The van der Waals surface area contributed by atoms with Crippen LogP contribution in [0.4, 0.5) is 20.3 Å². The molecule has 0 bridgehead atoms. The van der Waals surface area contributed by atoms with Gasteiger partial charge in [-0.25, -0.2) is 18.4 Å². The van der Waals surface area contributed by atoms with E-state index in [0.717, 1.165) is 4.68 Å². The van der Waals surface area contributed by atoms with Crippen LogP contribution in [0.1, 0.15) is 5.56 Å². The summed E-state index contributed by atoms with van der Waals surface area (Å²) in [6.45, 7) is 1.70. The highest BCUT2D eigenvalue weighted by Gasteiger charge is 2.21. The van der Waals surface area contributed by atoms with Gasteiger partial charge in [-0.1, -0.05) is 11.6 Å². The van der Waals surface area contributed by atoms with E-state index in [1.54, 1.807) is 6.07 Å². The van der Waals surface area contributed by atoms with Gasteiger partial charge in [0.25, 0.3) is 12.0 Å². The van der Waals surface area contributed by atoms with Gasteiger partial charge in [0.1, 0.15) is 18.4 Å². The van der Waals surface area contributed by atoms with Crippen molar-refractivity contribution in [2.45, 2.75) is 13.0 Å². The molecule has 1 aliphatic heterocycles. The first-order valence-electron chi connectivity index (χ1n) is 7.89. The standard InChI is InChI=1S/C16H15ClF2N6O/c17-13-5-11(7-20)8-21-16(13)24-3-1-23(2-4-24)12-6-15(26)25(22-9-12)10-14(18)19/h5-6,8-9,14H,1-4,10H2. The summed E-state index contributed by atoms with van der Waals surface area (Å²) in [5.74, 6) is 0.607. The SMILES string of the molecule is N#Cc1cnc(N2CCN(c3cnn(CC(F)F)c(=O)c3)CC2)c(Cl)c1. The van der Waals surface area contributed by atoms with Crippen LogP contribution in [-0.2, 0) is 6.54 Å². The maximum Gasteiger partial charge on any atom is 0.269 e. The molecule has 0 saturated carbocycles. The Bertz CT molecular complexity index is 889. The van der Waals surface area contributed by atoms with Crippen molar-refractivity contribution >= 4 is 23.1 Å². The fraction of sp³-hybridized carbons (Fsp3) is 0.375. The molecular weight excluding hydrogens is 366 g/mol. The lowest BCUT2D eigenvalue weighted by atomic mass is 10.2. The van der Waals surface area contributed by atoms with E-state index < -0.39 is 18.5 Å². The number of anilines is 2. The Morgan fingerprint density at radius 3 is 2.46 bits per heavy atom. The smallest absolute Gasteiger partial charge is 0.269 e. The highest BCUT2D eigenvalue weighted by Crippen LogP contribution is 2.25. The van der Waals surface area contributed by atoms with E-state index in [1.807, 2.05) is 15.9 Å². The summed E-state index contributed by atoms with van der Waals surface area (Å²) in [5.41, 5.74) is 0.439. The van der Waals surface area contributed by atoms with E-state index in [-0.39, 0.29) is 0 Å². The molecule has 0 atom stereocenters. The number of nitriles is 1. The third-order valence-corrected chi connectivity index (χ3v) is 4.34. The van der Waals surface area contributed by atoms with Crippen molar-refractivity contribution in [2.24, 2.45) is 0 Å². The highest BCUT2D eigenvalue weighted by molar-refractivity contribution is 6.33. The van der Waals surface area contributed by atoms with E-state index in [9.17, 15) is 13.6 Å². The van der Waals surface area contributed by atoms with Gasteiger partial charge in [0.05, 0.1) is 22.5 Å². The lowest BCUT2D eigenvalue weighted by molar-refractivity contribution is 0.119. The third kappa shape index (κ3) is 3.91. The van der Waals surface area contributed by atoms with Gasteiger partial charge in [-0.15, -0.1) is 0 Å². The first kappa shape index (κ1) is 18.1. The van der Waals surface area contributed by atoms with Gasteiger partial charge < -0.3 is 9.80 Å². The molecule has 1 fully saturated rings. The summed E-state index contributed by atoms with van der Waals surface area (Å²) in [7, 11) is 0. The third-order valence-electron chi connectivity index (χ3n) is 4.06. The lowest BCUT2D eigenvalue weighted by Gasteiger charge is -2.36. The summed E-state index contributed by atoms with van der Waals surface area (Å²) < 4.78 is 25.5. The van der Waals surface area contributed by atoms with Crippen LogP contribution in [0.25, 0.3) is 0 Å². The van der Waals surface area contributed by atoms with Crippen molar-refractivity contribution in [1.82, 2.24) is 14.8 Å². The molecule has 2 aromatic rings. The second-order valence-corrected chi connectivity index (χ2v) is 6.15. The Balaban J connectivity index is 1.68. The normalized spacial score (nSPS) is 14.6. The number of hydrogen-bond donors (Lipinski definition) is 0. The minimum Gasteiger partial charge on any atom is -0.367 e. The zero-order valence-corrected chi connectivity index (χ0v) is 14.4. The van der Waals surface area contributed by atoms with Crippen molar-refractivity contribution in [3.63, 3.8) is 0 Å². The Morgan fingerprint density at radius 2 is 1.88 bits per heavy atom. The van der Waals surface area contributed by atoms with Crippen molar-refractivity contribution < 1.29 is 8.78 Å². The Hall–Kier alpha value is -2.73. The second-order valence-electron chi connectivity index (χ2n) is 5.74. The molecule has 0 amide bonds. The fourth-order valence-corrected chi connectivity index (χ4v) is 3.05. The maximum absolute atomic E-state index is 12.4. The average molecular weight is 381 g/mol. The van der Waals surface area contributed by atoms with Crippen LogP contribution < -0.4 is 15.4 Å². The van der Waals surface area contributed by atoms with Gasteiger partial charge in [-0.3, -0.25) is 4.79 Å². The predicted octanol–water partition coefficient (Wildman–Crippen LogP) is 1.76. The fourth-order valence-electron chi connectivity index (χ4n) is 2.77. The summed E-state index contributed by atoms with van der Waals surface area (Å²) in [6, 6.07) is 4.88. The van der Waals surface area contributed by atoms with Gasteiger partial charge in [0, 0.05) is 38.4 Å². The quantitative estimate of drug-likeness (QED) is 0.804.